The van der Waals surface area contributed by atoms with Crippen molar-refractivity contribution in [3.05, 3.63) is 0 Å². The topological polar surface area (TPSA) is 191 Å². The maximum atomic E-state index is 11.2. The van der Waals surface area contributed by atoms with Crippen molar-refractivity contribution in [3.8, 4) is 0 Å². The summed E-state index contributed by atoms with van der Waals surface area (Å²) in [4.78, 5) is 0. The van der Waals surface area contributed by atoms with E-state index in [9.17, 15) is 40.6 Å². The van der Waals surface area contributed by atoms with Crippen molar-refractivity contribution in [3.63, 3.8) is 0 Å². The molecule has 0 aliphatic rings. The number of aliphatic hydroxyl groups excluding tert-OH is 3. The monoisotopic (exact) mass is 416 g/mol. The van der Waals surface area contributed by atoms with Crippen molar-refractivity contribution in [1.29, 1.82) is 0 Å². The lowest BCUT2D eigenvalue weighted by Crippen LogP contribution is -2.50. The van der Waals surface area contributed by atoms with E-state index in [2.05, 4.69) is 12.5 Å². The first-order chi connectivity index (χ1) is 10.5. The molecule has 0 aliphatic carbocycles. The smallest absolute Gasteiger partial charge is 0.264 e. The van der Waals surface area contributed by atoms with E-state index in [-0.39, 0.29) is 0 Å². The Labute approximate surface area is 140 Å². The maximum absolute atomic E-state index is 11.2. The van der Waals surface area contributed by atoms with E-state index in [4.69, 9.17) is 0 Å². The van der Waals surface area contributed by atoms with Crippen LogP contribution in [0.25, 0.3) is 0 Å². The Kier molecular flexibility index (Phi) is 8.67. The van der Waals surface area contributed by atoms with Gasteiger partial charge in [0.2, 0.25) is 0 Å². The second-order valence-corrected chi connectivity index (χ2v) is 9.76. The first-order valence-corrected chi connectivity index (χ1v) is 11.6. The normalized spacial score (nSPS) is 18.8. The molecule has 0 saturated carbocycles. The molecule has 3 N–H and O–H groups in total. The zero-order chi connectivity index (χ0) is 19.3. The Morgan fingerprint density at radius 3 is 1.42 bits per heavy atom. The van der Waals surface area contributed by atoms with Crippen LogP contribution >= 0.6 is 0 Å². The third-order valence-corrected chi connectivity index (χ3v) is 4.00. The fraction of sp³-hybridized carbons (Fsp3) is 1.00. The number of hydrogen-bond acceptors (Lipinski definition) is 12. The van der Waals surface area contributed by atoms with Crippen LogP contribution in [0.1, 0.15) is 0 Å². The Balaban J connectivity index is 5.16. The summed E-state index contributed by atoms with van der Waals surface area (Å²) in [5.74, 6) is 0. The lowest BCUT2D eigenvalue weighted by molar-refractivity contribution is -0.106. The molecule has 0 aliphatic heterocycles. The molecule has 0 spiro atoms. The highest BCUT2D eigenvalue weighted by Gasteiger charge is 2.37. The molecule has 0 unspecified atom stereocenters. The summed E-state index contributed by atoms with van der Waals surface area (Å²) in [6, 6.07) is 0. The van der Waals surface area contributed by atoms with Gasteiger partial charge in [0.1, 0.15) is 24.4 Å². The van der Waals surface area contributed by atoms with Crippen LogP contribution in [0.3, 0.4) is 0 Å². The Morgan fingerprint density at radius 1 is 0.708 bits per heavy atom. The molecular formula is C9H20O12S3. The molecule has 0 aromatic heterocycles. The van der Waals surface area contributed by atoms with Crippen molar-refractivity contribution < 1.29 is 53.1 Å². The van der Waals surface area contributed by atoms with Crippen molar-refractivity contribution in [2.24, 2.45) is 0 Å². The molecule has 15 heteroatoms. The largest absolute Gasteiger partial charge is 0.388 e. The number of hydrogen-bond donors (Lipinski definition) is 3. The van der Waals surface area contributed by atoms with Crippen LogP contribution in [0.5, 0.6) is 0 Å². The molecular weight excluding hydrogens is 396 g/mol. The predicted octanol–water partition coefficient (Wildman–Crippen LogP) is -3.63. The van der Waals surface area contributed by atoms with Gasteiger partial charge in [-0.05, 0) is 0 Å². The molecule has 12 nitrogen and oxygen atoms in total. The summed E-state index contributed by atoms with van der Waals surface area (Å²) in [7, 11) is -12.2. The lowest BCUT2D eigenvalue weighted by atomic mass is 10.0. The minimum Gasteiger partial charge on any atom is -0.388 e. The van der Waals surface area contributed by atoms with Gasteiger partial charge in [0.05, 0.1) is 32.0 Å². The Bertz CT molecular complexity index is 694. The zero-order valence-electron chi connectivity index (χ0n) is 13.0. The lowest BCUT2D eigenvalue weighted by Gasteiger charge is -2.28. The van der Waals surface area contributed by atoms with Gasteiger partial charge in [-0.25, -0.2) is 0 Å². The third-order valence-electron chi connectivity index (χ3n) is 2.30. The average Bonchev–Trinajstić information content (AvgIpc) is 2.36. The van der Waals surface area contributed by atoms with E-state index in [0.717, 1.165) is 0 Å². The molecule has 4 atom stereocenters. The van der Waals surface area contributed by atoms with Crippen LogP contribution < -0.4 is 0 Å². The number of aliphatic hydroxyl groups is 3. The minimum atomic E-state index is -4.24. The van der Waals surface area contributed by atoms with E-state index in [1.807, 2.05) is 0 Å². The van der Waals surface area contributed by atoms with E-state index >= 15 is 0 Å². The van der Waals surface area contributed by atoms with E-state index in [0.29, 0.717) is 18.8 Å². The van der Waals surface area contributed by atoms with Crippen molar-refractivity contribution in [2.75, 3.05) is 32.0 Å². The van der Waals surface area contributed by atoms with Gasteiger partial charge in [0, 0.05) is 0 Å². The second kappa shape index (κ2) is 8.81. The van der Waals surface area contributed by atoms with Crippen LogP contribution in [0.15, 0.2) is 0 Å². The van der Waals surface area contributed by atoms with Crippen molar-refractivity contribution >= 4 is 30.4 Å². The molecule has 0 rings (SSSR count). The fourth-order valence-electron chi connectivity index (χ4n) is 1.35. The second-order valence-electron chi connectivity index (χ2n) is 4.87. The minimum absolute atomic E-state index is 0.580. The van der Waals surface area contributed by atoms with E-state index < -0.39 is 68.0 Å². The molecule has 0 saturated heterocycles. The summed E-state index contributed by atoms with van der Waals surface area (Å²) < 4.78 is 78.7. The van der Waals surface area contributed by atoms with Gasteiger partial charge >= 0.3 is 0 Å². The van der Waals surface area contributed by atoms with Gasteiger partial charge in [-0.2, -0.15) is 25.3 Å². The Hall–Kier alpha value is -0.390. The highest BCUT2D eigenvalue weighted by atomic mass is 32.2. The summed E-state index contributed by atoms with van der Waals surface area (Å²) in [6.07, 6.45) is -6.23. The first kappa shape index (κ1) is 23.6. The van der Waals surface area contributed by atoms with Crippen molar-refractivity contribution in [1.82, 2.24) is 0 Å². The molecule has 0 fully saturated rings. The molecule has 0 aromatic carbocycles. The van der Waals surface area contributed by atoms with Gasteiger partial charge in [-0.15, -0.1) is 0 Å². The third kappa shape index (κ3) is 11.2. The summed E-state index contributed by atoms with van der Waals surface area (Å²) in [5, 5.41) is 29.3. The van der Waals surface area contributed by atoms with Gasteiger partial charge in [-0.3, -0.25) is 12.5 Å². The first-order valence-electron chi connectivity index (χ1n) is 6.13. The van der Waals surface area contributed by atoms with Gasteiger partial charge in [-0.1, -0.05) is 0 Å². The van der Waals surface area contributed by atoms with E-state index in [1.54, 1.807) is 0 Å². The zero-order valence-corrected chi connectivity index (χ0v) is 15.4. The van der Waals surface area contributed by atoms with Gasteiger partial charge in [0.25, 0.3) is 30.4 Å². The van der Waals surface area contributed by atoms with Gasteiger partial charge in [0.15, 0.2) is 0 Å². The molecule has 0 aromatic rings. The van der Waals surface area contributed by atoms with Crippen molar-refractivity contribution in [2.45, 2.75) is 24.4 Å². The fourth-order valence-corrected chi connectivity index (χ4v) is 2.77. The van der Waals surface area contributed by atoms with E-state index in [1.165, 1.54) is 0 Å². The average molecular weight is 416 g/mol. The SMILES string of the molecule is CS(=O)(=O)OC[C@@H](O)[C@H](O)[C@H](OS(C)(=O)=O)[C@H](O)COS(C)(=O)=O. The Morgan fingerprint density at radius 2 is 1.08 bits per heavy atom. The highest BCUT2D eigenvalue weighted by molar-refractivity contribution is 7.86. The van der Waals surface area contributed by atoms with Crippen LogP contribution in [-0.2, 0) is 42.9 Å². The summed E-state index contributed by atoms with van der Waals surface area (Å²) >= 11 is 0. The molecule has 24 heavy (non-hydrogen) atoms. The van der Waals surface area contributed by atoms with Crippen LogP contribution in [0.2, 0.25) is 0 Å². The molecule has 146 valence electrons. The predicted molar refractivity (Wildman–Crippen MR) is 79.3 cm³/mol. The molecule has 0 radical (unpaired) electrons. The van der Waals surface area contributed by atoms with Crippen LogP contribution in [0, 0.1) is 0 Å². The summed E-state index contributed by atoms with van der Waals surface area (Å²) in [5.41, 5.74) is 0. The number of rotatable bonds is 11. The molecule has 0 amide bonds. The quantitative estimate of drug-likeness (QED) is 0.280. The van der Waals surface area contributed by atoms with Gasteiger partial charge < -0.3 is 15.3 Å². The molecule has 0 bridgehead atoms. The van der Waals surface area contributed by atoms with Crippen LogP contribution in [-0.4, -0.2) is 97.0 Å². The summed E-state index contributed by atoms with van der Waals surface area (Å²) in [6.45, 7) is -1.93. The highest BCUT2D eigenvalue weighted by Crippen LogP contribution is 2.14. The van der Waals surface area contributed by atoms with Crippen LogP contribution in [0.4, 0.5) is 0 Å². The maximum Gasteiger partial charge on any atom is 0.264 e. The standard InChI is InChI=1S/C9H20O12S3/c1-22(13,14)19-4-6(10)8(12)9(21-24(3,17)18)7(11)5-20-23(2,15)16/h6-12H,4-5H2,1-3H3/t6-,7-,8+,9-/m1/s1. The molecule has 0 heterocycles.